The maximum Gasteiger partial charge on any atom is 0.191 e. The van der Waals surface area contributed by atoms with Crippen molar-refractivity contribution in [2.24, 2.45) is 0 Å². The Morgan fingerprint density at radius 1 is 1.24 bits per heavy atom. The lowest BCUT2D eigenvalue weighted by Crippen LogP contribution is -2.41. The lowest BCUT2D eigenvalue weighted by molar-refractivity contribution is 0.264. The number of hydrogen-bond acceptors (Lipinski definition) is 2. The van der Waals surface area contributed by atoms with Crippen molar-refractivity contribution >= 4 is 8.32 Å². The highest BCUT2D eigenvalue weighted by Crippen LogP contribution is 2.36. The molecule has 102 valence electrons. The van der Waals surface area contributed by atoms with E-state index < -0.39 is 8.32 Å². The third kappa shape index (κ3) is 5.10. The number of nitrogens with one attached hydrogen (secondary N) is 1. The molecule has 1 saturated heterocycles. The number of piperidine rings is 1. The first-order chi connectivity index (χ1) is 7.83. The summed E-state index contributed by atoms with van der Waals surface area (Å²) in [6.45, 7) is 13.8. The fourth-order valence-corrected chi connectivity index (χ4v) is 3.13. The topological polar surface area (TPSA) is 21.3 Å². The van der Waals surface area contributed by atoms with Crippen molar-refractivity contribution in [1.29, 1.82) is 0 Å². The van der Waals surface area contributed by atoms with Crippen LogP contribution in [0.1, 0.15) is 52.9 Å². The van der Waals surface area contributed by atoms with E-state index in [-0.39, 0.29) is 0 Å². The lowest BCUT2D eigenvalue weighted by Gasteiger charge is -2.36. The molecule has 0 spiro atoms. The molecule has 1 aliphatic heterocycles. The van der Waals surface area contributed by atoms with Gasteiger partial charge in [-0.3, -0.25) is 0 Å². The SMILES string of the molecule is CC(C)(C)[Si](C)(C)OCCCC1CCCCN1. The summed E-state index contributed by atoms with van der Waals surface area (Å²) in [5.74, 6) is 0. The van der Waals surface area contributed by atoms with Gasteiger partial charge in [-0.2, -0.15) is 0 Å². The lowest BCUT2D eigenvalue weighted by atomic mass is 10.0. The van der Waals surface area contributed by atoms with Crippen LogP contribution in [0.15, 0.2) is 0 Å². The van der Waals surface area contributed by atoms with Gasteiger partial charge in [-0.25, -0.2) is 0 Å². The van der Waals surface area contributed by atoms with E-state index in [0.717, 1.165) is 12.6 Å². The van der Waals surface area contributed by atoms with E-state index in [1.807, 2.05) is 0 Å². The summed E-state index contributed by atoms with van der Waals surface area (Å²) in [6.07, 6.45) is 6.62. The smallest absolute Gasteiger partial charge is 0.191 e. The molecule has 1 atom stereocenters. The van der Waals surface area contributed by atoms with E-state index in [2.05, 4.69) is 39.2 Å². The minimum absolute atomic E-state index is 0.343. The van der Waals surface area contributed by atoms with Gasteiger partial charge in [0.1, 0.15) is 0 Å². The highest BCUT2D eigenvalue weighted by atomic mass is 28.4. The van der Waals surface area contributed by atoms with E-state index in [9.17, 15) is 0 Å². The van der Waals surface area contributed by atoms with Gasteiger partial charge in [0.2, 0.25) is 0 Å². The van der Waals surface area contributed by atoms with Crippen molar-refractivity contribution in [3.05, 3.63) is 0 Å². The van der Waals surface area contributed by atoms with Crippen LogP contribution < -0.4 is 5.32 Å². The molecule has 1 N–H and O–H groups in total. The number of rotatable bonds is 5. The van der Waals surface area contributed by atoms with Crippen molar-refractivity contribution in [3.63, 3.8) is 0 Å². The number of hydrogen-bond donors (Lipinski definition) is 1. The zero-order valence-corrected chi connectivity index (χ0v) is 13.4. The predicted molar refractivity (Wildman–Crippen MR) is 78.0 cm³/mol. The first kappa shape index (κ1) is 15.2. The van der Waals surface area contributed by atoms with Gasteiger partial charge in [-0.05, 0) is 50.4 Å². The fourth-order valence-electron chi connectivity index (χ4n) is 2.04. The Morgan fingerprint density at radius 3 is 2.47 bits per heavy atom. The van der Waals surface area contributed by atoms with E-state index >= 15 is 0 Å². The Bertz CT molecular complexity index is 217. The maximum absolute atomic E-state index is 6.20. The van der Waals surface area contributed by atoms with Gasteiger partial charge >= 0.3 is 0 Å². The molecule has 0 bridgehead atoms. The molecule has 0 amide bonds. The Morgan fingerprint density at radius 2 is 1.94 bits per heavy atom. The minimum Gasteiger partial charge on any atom is -0.417 e. The molecular weight excluding hydrogens is 226 g/mol. The van der Waals surface area contributed by atoms with Crippen molar-refractivity contribution in [2.75, 3.05) is 13.2 Å². The Labute approximate surface area is 109 Å². The summed E-state index contributed by atoms with van der Waals surface area (Å²) >= 11 is 0. The summed E-state index contributed by atoms with van der Waals surface area (Å²) in [5.41, 5.74) is 0. The average molecular weight is 257 g/mol. The predicted octanol–water partition coefficient (Wildman–Crippen LogP) is 3.93. The molecule has 1 unspecified atom stereocenters. The van der Waals surface area contributed by atoms with E-state index in [1.54, 1.807) is 0 Å². The summed E-state index contributed by atoms with van der Waals surface area (Å²) < 4.78 is 6.20. The minimum atomic E-state index is -1.51. The molecule has 0 aliphatic carbocycles. The molecule has 0 aromatic rings. The normalized spacial score (nSPS) is 22.8. The Kier molecular flexibility index (Phi) is 5.67. The van der Waals surface area contributed by atoms with Crippen LogP contribution in [-0.2, 0) is 4.43 Å². The molecule has 2 nitrogen and oxygen atoms in total. The van der Waals surface area contributed by atoms with Crippen LogP contribution in [0, 0.1) is 0 Å². The largest absolute Gasteiger partial charge is 0.417 e. The third-order valence-electron chi connectivity index (χ3n) is 4.38. The van der Waals surface area contributed by atoms with Crippen LogP contribution in [0.3, 0.4) is 0 Å². The molecule has 0 aromatic carbocycles. The van der Waals surface area contributed by atoms with E-state index in [4.69, 9.17) is 4.43 Å². The first-order valence-corrected chi connectivity index (χ1v) is 10.1. The monoisotopic (exact) mass is 257 g/mol. The quantitative estimate of drug-likeness (QED) is 0.595. The van der Waals surface area contributed by atoms with E-state index in [0.29, 0.717) is 5.04 Å². The van der Waals surface area contributed by atoms with Crippen LogP contribution in [-0.4, -0.2) is 27.5 Å². The van der Waals surface area contributed by atoms with Gasteiger partial charge in [-0.1, -0.05) is 27.2 Å². The van der Waals surface area contributed by atoms with Gasteiger partial charge in [-0.15, -0.1) is 0 Å². The molecule has 1 heterocycles. The fraction of sp³-hybridized carbons (Fsp3) is 1.00. The zero-order valence-electron chi connectivity index (χ0n) is 12.4. The summed E-state index contributed by atoms with van der Waals surface area (Å²) in [7, 11) is -1.51. The molecule has 17 heavy (non-hydrogen) atoms. The second kappa shape index (κ2) is 6.35. The van der Waals surface area contributed by atoms with Crippen LogP contribution in [0.25, 0.3) is 0 Å². The molecule has 0 saturated carbocycles. The van der Waals surface area contributed by atoms with Crippen molar-refractivity contribution < 1.29 is 4.43 Å². The van der Waals surface area contributed by atoms with Gasteiger partial charge < -0.3 is 9.74 Å². The van der Waals surface area contributed by atoms with Crippen molar-refractivity contribution in [1.82, 2.24) is 5.32 Å². The summed E-state index contributed by atoms with van der Waals surface area (Å²) in [4.78, 5) is 0. The van der Waals surface area contributed by atoms with E-state index in [1.165, 1.54) is 38.6 Å². The molecule has 3 heteroatoms. The van der Waals surface area contributed by atoms with Crippen LogP contribution in [0.5, 0.6) is 0 Å². The van der Waals surface area contributed by atoms with Crippen LogP contribution in [0.2, 0.25) is 18.1 Å². The third-order valence-corrected chi connectivity index (χ3v) is 8.92. The van der Waals surface area contributed by atoms with Crippen molar-refractivity contribution in [3.8, 4) is 0 Å². The molecule has 1 rings (SSSR count). The Hall–Kier alpha value is 0.137. The second-order valence-corrected chi connectivity index (χ2v) is 11.7. The summed E-state index contributed by atoms with van der Waals surface area (Å²) in [5, 5.41) is 3.95. The highest BCUT2D eigenvalue weighted by Gasteiger charge is 2.36. The van der Waals surface area contributed by atoms with Gasteiger partial charge in [0.25, 0.3) is 0 Å². The molecule has 1 fully saturated rings. The molecule has 0 aromatic heterocycles. The average Bonchev–Trinajstić information content (AvgIpc) is 2.24. The summed E-state index contributed by atoms with van der Waals surface area (Å²) in [6, 6.07) is 0.756. The van der Waals surface area contributed by atoms with Crippen LogP contribution in [0.4, 0.5) is 0 Å². The molecule has 0 radical (unpaired) electrons. The molecule has 1 aliphatic rings. The maximum atomic E-state index is 6.20. The first-order valence-electron chi connectivity index (χ1n) is 7.20. The second-order valence-electron chi connectivity index (χ2n) is 6.90. The van der Waals surface area contributed by atoms with Gasteiger partial charge in [0.05, 0.1) is 0 Å². The Balaban J connectivity index is 2.15. The van der Waals surface area contributed by atoms with Crippen molar-refractivity contribution in [2.45, 2.75) is 77.0 Å². The zero-order chi connectivity index (χ0) is 12.9. The van der Waals surface area contributed by atoms with Crippen LogP contribution >= 0.6 is 0 Å². The van der Waals surface area contributed by atoms with Gasteiger partial charge in [0.15, 0.2) is 8.32 Å². The standard InChI is InChI=1S/C14H31NOSi/c1-14(2,3)17(4,5)16-12-8-10-13-9-6-7-11-15-13/h13,15H,6-12H2,1-5H3. The highest BCUT2D eigenvalue weighted by molar-refractivity contribution is 6.74. The molecular formula is C14H31NOSi. The van der Waals surface area contributed by atoms with Gasteiger partial charge in [0, 0.05) is 12.6 Å².